The molecule has 0 fully saturated rings. The lowest BCUT2D eigenvalue weighted by atomic mass is 10.1. The van der Waals surface area contributed by atoms with Gasteiger partial charge in [0, 0.05) is 11.9 Å². The molecule has 2 aromatic rings. The maximum atomic E-state index is 13.1. The summed E-state index contributed by atoms with van der Waals surface area (Å²) in [4.78, 5) is 3.83. The van der Waals surface area contributed by atoms with Crippen LogP contribution in [0.3, 0.4) is 0 Å². The quantitative estimate of drug-likeness (QED) is 0.917. The molecule has 1 unspecified atom stereocenters. The second-order valence-corrected chi connectivity index (χ2v) is 4.56. The van der Waals surface area contributed by atoms with E-state index in [1.165, 1.54) is 12.3 Å². The number of pyridine rings is 1. The van der Waals surface area contributed by atoms with Crippen LogP contribution in [-0.2, 0) is 0 Å². The number of hydrogen-bond donors (Lipinski definition) is 1. The van der Waals surface area contributed by atoms with Crippen molar-refractivity contribution in [2.24, 2.45) is 0 Å². The van der Waals surface area contributed by atoms with Crippen molar-refractivity contribution in [3.05, 3.63) is 53.1 Å². The summed E-state index contributed by atoms with van der Waals surface area (Å²) in [5.74, 6) is 0.270. The molecule has 1 heterocycles. The minimum absolute atomic E-state index is 0.0762. The van der Waals surface area contributed by atoms with Crippen LogP contribution < -0.4 is 10.1 Å². The van der Waals surface area contributed by atoms with E-state index in [9.17, 15) is 4.39 Å². The number of hydrogen-bond acceptors (Lipinski definition) is 3. The average Bonchev–Trinajstić information content (AvgIpc) is 2.39. The molecule has 0 saturated carbocycles. The number of ether oxygens (including phenoxy) is 1. The monoisotopic (exact) mass is 280 g/mol. The Morgan fingerprint density at radius 2 is 2.11 bits per heavy atom. The van der Waals surface area contributed by atoms with E-state index in [1.54, 1.807) is 25.4 Å². The lowest BCUT2D eigenvalue weighted by Crippen LogP contribution is -2.07. The molecule has 1 aromatic heterocycles. The SMILES string of the molecule is COc1ccc(NC(C)c2cncc(F)c2)cc1Cl. The van der Waals surface area contributed by atoms with Gasteiger partial charge in [0.2, 0.25) is 0 Å². The summed E-state index contributed by atoms with van der Waals surface area (Å²) in [7, 11) is 1.56. The van der Waals surface area contributed by atoms with Gasteiger partial charge >= 0.3 is 0 Å². The average molecular weight is 281 g/mol. The lowest BCUT2D eigenvalue weighted by Gasteiger charge is -2.16. The van der Waals surface area contributed by atoms with Gasteiger partial charge in [0.1, 0.15) is 11.6 Å². The van der Waals surface area contributed by atoms with Crippen molar-refractivity contribution in [1.29, 1.82) is 0 Å². The molecule has 2 rings (SSSR count). The lowest BCUT2D eigenvalue weighted by molar-refractivity contribution is 0.415. The number of halogens is 2. The first-order valence-corrected chi connectivity index (χ1v) is 6.18. The molecule has 0 saturated heterocycles. The van der Waals surface area contributed by atoms with E-state index >= 15 is 0 Å². The molecule has 100 valence electrons. The van der Waals surface area contributed by atoms with Crippen molar-refractivity contribution < 1.29 is 9.13 Å². The van der Waals surface area contributed by atoms with Gasteiger partial charge in [-0.25, -0.2) is 4.39 Å². The molecule has 0 amide bonds. The Bertz CT molecular complexity index is 577. The molecule has 1 aromatic carbocycles. The van der Waals surface area contributed by atoms with Gasteiger partial charge in [-0.3, -0.25) is 4.98 Å². The third-order valence-corrected chi connectivity index (χ3v) is 3.06. The van der Waals surface area contributed by atoms with Crippen molar-refractivity contribution in [2.45, 2.75) is 13.0 Å². The van der Waals surface area contributed by atoms with Gasteiger partial charge in [-0.15, -0.1) is 0 Å². The fourth-order valence-electron chi connectivity index (χ4n) is 1.75. The minimum atomic E-state index is -0.348. The van der Waals surface area contributed by atoms with Crippen molar-refractivity contribution in [3.63, 3.8) is 0 Å². The van der Waals surface area contributed by atoms with Crippen LogP contribution in [-0.4, -0.2) is 12.1 Å². The molecule has 0 spiro atoms. The molecule has 0 aliphatic carbocycles. The van der Waals surface area contributed by atoms with Crippen LogP contribution in [0.4, 0.5) is 10.1 Å². The molecule has 0 aliphatic heterocycles. The molecular formula is C14H14ClFN2O. The van der Waals surface area contributed by atoms with E-state index in [0.717, 1.165) is 11.3 Å². The van der Waals surface area contributed by atoms with Crippen molar-refractivity contribution >= 4 is 17.3 Å². The van der Waals surface area contributed by atoms with E-state index in [0.29, 0.717) is 10.8 Å². The molecule has 19 heavy (non-hydrogen) atoms. The fraction of sp³-hybridized carbons (Fsp3) is 0.214. The highest BCUT2D eigenvalue weighted by Crippen LogP contribution is 2.29. The van der Waals surface area contributed by atoms with Crippen LogP contribution >= 0.6 is 11.6 Å². The number of methoxy groups -OCH3 is 1. The van der Waals surface area contributed by atoms with Crippen molar-refractivity contribution in [3.8, 4) is 5.75 Å². The van der Waals surface area contributed by atoms with E-state index < -0.39 is 0 Å². The molecule has 1 atom stereocenters. The number of nitrogens with zero attached hydrogens (tertiary/aromatic N) is 1. The van der Waals surface area contributed by atoms with Crippen LogP contribution in [0.2, 0.25) is 5.02 Å². The highest BCUT2D eigenvalue weighted by Gasteiger charge is 2.08. The predicted molar refractivity (Wildman–Crippen MR) is 74.2 cm³/mol. The Balaban J connectivity index is 2.14. The van der Waals surface area contributed by atoms with Crippen molar-refractivity contribution in [1.82, 2.24) is 4.98 Å². The van der Waals surface area contributed by atoms with Gasteiger partial charge in [0.05, 0.1) is 24.4 Å². The van der Waals surface area contributed by atoms with Gasteiger partial charge in [-0.05, 0) is 36.8 Å². The van der Waals surface area contributed by atoms with E-state index in [1.807, 2.05) is 13.0 Å². The largest absolute Gasteiger partial charge is 0.495 e. The maximum Gasteiger partial charge on any atom is 0.141 e. The van der Waals surface area contributed by atoms with Crippen LogP contribution in [0.5, 0.6) is 5.75 Å². The minimum Gasteiger partial charge on any atom is -0.495 e. The van der Waals surface area contributed by atoms with Gasteiger partial charge in [-0.2, -0.15) is 0 Å². The first-order valence-electron chi connectivity index (χ1n) is 5.80. The van der Waals surface area contributed by atoms with Gasteiger partial charge in [-0.1, -0.05) is 11.6 Å². The van der Waals surface area contributed by atoms with Crippen LogP contribution in [0.25, 0.3) is 0 Å². The molecule has 1 N–H and O–H groups in total. The standard InChI is InChI=1S/C14H14ClFN2O/c1-9(10-5-11(16)8-17-7-10)18-12-3-4-14(19-2)13(15)6-12/h3-9,18H,1-2H3. The Morgan fingerprint density at radius 1 is 1.32 bits per heavy atom. The van der Waals surface area contributed by atoms with Crippen molar-refractivity contribution in [2.75, 3.05) is 12.4 Å². The molecule has 3 nitrogen and oxygen atoms in total. The number of aromatic nitrogens is 1. The van der Waals surface area contributed by atoms with Gasteiger partial charge in [0.25, 0.3) is 0 Å². The summed E-state index contributed by atoms with van der Waals surface area (Å²) in [6.07, 6.45) is 2.81. The third kappa shape index (κ3) is 3.35. The molecule has 0 aliphatic rings. The summed E-state index contributed by atoms with van der Waals surface area (Å²) in [6.45, 7) is 1.93. The van der Waals surface area contributed by atoms with Gasteiger partial charge in [0.15, 0.2) is 0 Å². The van der Waals surface area contributed by atoms with E-state index in [2.05, 4.69) is 10.3 Å². The number of anilines is 1. The Morgan fingerprint density at radius 3 is 2.74 bits per heavy atom. The third-order valence-electron chi connectivity index (χ3n) is 2.76. The highest BCUT2D eigenvalue weighted by molar-refractivity contribution is 6.32. The Hall–Kier alpha value is -1.81. The zero-order valence-corrected chi connectivity index (χ0v) is 11.4. The van der Waals surface area contributed by atoms with Crippen LogP contribution in [0.1, 0.15) is 18.5 Å². The fourth-order valence-corrected chi connectivity index (χ4v) is 2.01. The predicted octanol–water partition coefficient (Wildman–Crippen LogP) is 4.06. The molecular weight excluding hydrogens is 267 g/mol. The number of rotatable bonds is 4. The molecule has 0 radical (unpaired) electrons. The normalized spacial score (nSPS) is 12.0. The molecule has 5 heteroatoms. The molecule has 0 bridgehead atoms. The zero-order chi connectivity index (χ0) is 13.8. The van der Waals surface area contributed by atoms with Crippen LogP contribution in [0, 0.1) is 5.82 Å². The second kappa shape index (κ2) is 5.89. The first kappa shape index (κ1) is 13.6. The first-order chi connectivity index (χ1) is 9.10. The maximum absolute atomic E-state index is 13.1. The second-order valence-electron chi connectivity index (χ2n) is 4.15. The zero-order valence-electron chi connectivity index (χ0n) is 10.7. The highest BCUT2D eigenvalue weighted by atomic mass is 35.5. The Kier molecular flexibility index (Phi) is 4.22. The summed E-state index contributed by atoms with van der Waals surface area (Å²) >= 11 is 6.05. The Labute approximate surface area is 116 Å². The van der Waals surface area contributed by atoms with E-state index in [-0.39, 0.29) is 11.9 Å². The number of benzene rings is 1. The number of nitrogens with one attached hydrogen (secondary N) is 1. The van der Waals surface area contributed by atoms with Gasteiger partial charge < -0.3 is 10.1 Å². The topological polar surface area (TPSA) is 34.1 Å². The summed E-state index contributed by atoms with van der Waals surface area (Å²) in [6, 6.07) is 6.78. The summed E-state index contributed by atoms with van der Waals surface area (Å²) in [5.41, 5.74) is 1.61. The smallest absolute Gasteiger partial charge is 0.141 e. The van der Waals surface area contributed by atoms with Crippen LogP contribution in [0.15, 0.2) is 36.7 Å². The summed E-state index contributed by atoms with van der Waals surface area (Å²) < 4.78 is 18.2. The van der Waals surface area contributed by atoms with E-state index in [4.69, 9.17) is 16.3 Å². The summed E-state index contributed by atoms with van der Waals surface area (Å²) in [5, 5.41) is 3.76.